The minimum atomic E-state index is -2.38. The van der Waals surface area contributed by atoms with E-state index in [1.807, 2.05) is 30.3 Å². The fourth-order valence-electron chi connectivity index (χ4n) is 3.62. The fraction of sp³-hybridized carbons (Fsp3) is 0.435. The molecule has 2 amide bonds. The summed E-state index contributed by atoms with van der Waals surface area (Å²) in [6.45, 7) is 1.36. The van der Waals surface area contributed by atoms with Gasteiger partial charge in [0.2, 0.25) is 0 Å². The predicted octanol–water partition coefficient (Wildman–Crippen LogP) is 2.12. The number of rotatable bonds is 9. The molecule has 0 saturated carbocycles. The van der Waals surface area contributed by atoms with E-state index in [9.17, 15) is 18.4 Å². The van der Waals surface area contributed by atoms with Gasteiger partial charge in [-0.25, -0.2) is 13.8 Å². The van der Waals surface area contributed by atoms with Crippen LogP contribution in [0.1, 0.15) is 38.5 Å². The maximum Gasteiger partial charge on any atom is 0.269 e. The number of alkyl halides is 2. The van der Waals surface area contributed by atoms with Crippen molar-refractivity contribution in [1.29, 1.82) is 0 Å². The summed E-state index contributed by atoms with van der Waals surface area (Å²) in [4.78, 5) is 30.9. The van der Waals surface area contributed by atoms with E-state index >= 15 is 0 Å². The lowest BCUT2D eigenvalue weighted by molar-refractivity contribution is -0.0469. The van der Waals surface area contributed by atoms with Crippen molar-refractivity contribution in [2.45, 2.75) is 25.4 Å². The van der Waals surface area contributed by atoms with Crippen LogP contribution in [-0.2, 0) is 11.2 Å². The van der Waals surface area contributed by atoms with Crippen molar-refractivity contribution in [2.24, 2.45) is 0 Å². The molecule has 0 aliphatic carbocycles. The van der Waals surface area contributed by atoms with Gasteiger partial charge in [-0.3, -0.25) is 14.5 Å². The lowest BCUT2D eigenvalue weighted by atomic mass is 10.1. The Morgan fingerprint density at radius 1 is 1.22 bits per heavy atom. The first-order valence-electron chi connectivity index (χ1n) is 10.6. The van der Waals surface area contributed by atoms with Crippen LogP contribution in [0.25, 0.3) is 0 Å². The van der Waals surface area contributed by atoms with Crippen LogP contribution in [0, 0.1) is 0 Å². The highest BCUT2D eigenvalue weighted by Gasteiger charge is 2.23. The van der Waals surface area contributed by atoms with Crippen molar-refractivity contribution in [3.8, 4) is 0 Å². The first kappa shape index (κ1) is 23.7. The van der Waals surface area contributed by atoms with Gasteiger partial charge in [0.15, 0.2) is 0 Å². The predicted molar refractivity (Wildman–Crippen MR) is 116 cm³/mol. The van der Waals surface area contributed by atoms with Gasteiger partial charge in [0.25, 0.3) is 18.2 Å². The van der Waals surface area contributed by atoms with E-state index in [1.54, 1.807) is 11.0 Å². The zero-order chi connectivity index (χ0) is 22.9. The largest absolute Gasteiger partial charge is 0.375 e. The molecule has 0 unspecified atom stereocenters. The Labute approximate surface area is 186 Å². The molecule has 2 heterocycles. The Morgan fingerprint density at radius 2 is 2.00 bits per heavy atom. The molecule has 9 heteroatoms. The number of ether oxygens (including phenoxy) is 1. The van der Waals surface area contributed by atoms with Crippen LogP contribution in [-0.4, -0.2) is 74.1 Å². The lowest BCUT2D eigenvalue weighted by Crippen LogP contribution is -2.45. The normalized spacial score (nSPS) is 16.7. The number of aromatic nitrogens is 1. The van der Waals surface area contributed by atoms with Gasteiger partial charge in [0.1, 0.15) is 5.69 Å². The number of pyridine rings is 1. The number of nitrogens with zero attached hydrogens (tertiary/aromatic N) is 2. The molecular formula is C23H28F2N4O3. The molecule has 2 N–H and O–H groups in total. The highest BCUT2D eigenvalue weighted by Crippen LogP contribution is 2.13. The van der Waals surface area contributed by atoms with E-state index in [0.717, 1.165) is 5.56 Å². The van der Waals surface area contributed by atoms with Crippen LogP contribution >= 0.6 is 0 Å². The molecule has 7 nitrogen and oxygen atoms in total. The Hall–Kier alpha value is -2.91. The number of hydrogen-bond acceptors (Lipinski definition) is 5. The number of nitrogens with one attached hydrogen (secondary N) is 2. The van der Waals surface area contributed by atoms with Crippen LogP contribution < -0.4 is 10.6 Å². The molecule has 32 heavy (non-hydrogen) atoms. The quantitative estimate of drug-likeness (QED) is 0.617. The number of halogens is 2. The summed E-state index contributed by atoms with van der Waals surface area (Å²) >= 11 is 0. The lowest BCUT2D eigenvalue weighted by Gasteiger charge is -2.32. The Morgan fingerprint density at radius 3 is 2.72 bits per heavy atom. The van der Waals surface area contributed by atoms with Gasteiger partial charge in [0, 0.05) is 44.4 Å². The van der Waals surface area contributed by atoms with E-state index in [4.69, 9.17) is 4.74 Å². The molecule has 1 fully saturated rings. The minimum absolute atomic E-state index is 0.171. The summed E-state index contributed by atoms with van der Waals surface area (Å²) < 4.78 is 30.8. The average molecular weight is 446 g/mol. The summed E-state index contributed by atoms with van der Waals surface area (Å²) in [5.41, 5.74) is 2.14. The monoisotopic (exact) mass is 446 g/mol. The third-order valence-corrected chi connectivity index (χ3v) is 5.20. The average Bonchev–Trinajstić information content (AvgIpc) is 2.78. The third-order valence-electron chi connectivity index (χ3n) is 5.20. The molecule has 0 radical (unpaired) electrons. The third kappa shape index (κ3) is 7.06. The summed E-state index contributed by atoms with van der Waals surface area (Å²) in [6.07, 6.45) is -1.59. The highest BCUT2D eigenvalue weighted by atomic mass is 19.3. The van der Waals surface area contributed by atoms with E-state index < -0.39 is 6.43 Å². The molecule has 1 aliphatic heterocycles. The topological polar surface area (TPSA) is 83.6 Å². The SMILES string of the molecule is CNC(=O)c1cc(C(=O)NCC[C@@H]2CN(CC(F)F)CCO2)cc(Cc2ccccc2)n1. The maximum absolute atomic E-state index is 12.7. The molecule has 1 aromatic heterocycles. The van der Waals surface area contributed by atoms with Gasteiger partial charge >= 0.3 is 0 Å². The second kappa shape index (κ2) is 11.6. The van der Waals surface area contributed by atoms with E-state index in [2.05, 4.69) is 15.6 Å². The molecular weight excluding hydrogens is 418 g/mol. The number of hydrogen-bond donors (Lipinski definition) is 2. The second-order valence-electron chi connectivity index (χ2n) is 7.66. The van der Waals surface area contributed by atoms with Crippen LogP contribution in [0.3, 0.4) is 0 Å². The number of morpholine rings is 1. The maximum atomic E-state index is 12.7. The Bertz CT molecular complexity index is 911. The number of amides is 2. The molecule has 1 saturated heterocycles. The fourth-order valence-corrected chi connectivity index (χ4v) is 3.62. The first-order valence-corrected chi connectivity index (χ1v) is 10.6. The summed E-state index contributed by atoms with van der Waals surface area (Å²) in [6, 6.07) is 12.8. The second-order valence-corrected chi connectivity index (χ2v) is 7.66. The standard InChI is InChI=1S/C23H28F2N4O3/c1-26-23(31)20-13-17(12-18(28-20)11-16-5-3-2-4-6-16)22(30)27-8-7-19-14-29(9-10-32-19)15-21(24)25/h2-6,12-13,19,21H,7-11,14-15H2,1H3,(H,26,31)(H,27,30)/t19-/m1/s1. The molecule has 0 bridgehead atoms. The molecule has 1 aliphatic rings. The van der Waals surface area contributed by atoms with Crippen molar-refractivity contribution in [3.63, 3.8) is 0 Å². The van der Waals surface area contributed by atoms with Gasteiger partial charge in [-0.15, -0.1) is 0 Å². The molecule has 1 atom stereocenters. The number of carbonyl (C=O) groups excluding carboxylic acids is 2. The van der Waals surface area contributed by atoms with Gasteiger partial charge < -0.3 is 15.4 Å². The van der Waals surface area contributed by atoms with Gasteiger partial charge in [-0.05, 0) is 24.1 Å². The zero-order valence-electron chi connectivity index (χ0n) is 18.0. The van der Waals surface area contributed by atoms with E-state index in [0.29, 0.717) is 50.3 Å². The van der Waals surface area contributed by atoms with Gasteiger partial charge in [-0.2, -0.15) is 0 Å². The molecule has 0 spiro atoms. The summed E-state index contributed by atoms with van der Waals surface area (Å²) in [5.74, 6) is -0.698. The van der Waals surface area contributed by atoms with Gasteiger partial charge in [-0.1, -0.05) is 30.3 Å². The summed E-state index contributed by atoms with van der Waals surface area (Å²) in [5, 5.41) is 5.37. The van der Waals surface area contributed by atoms with Crippen LogP contribution in [0.4, 0.5) is 8.78 Å². The first-order chi connectivity index (χ1) is 15.4. The van der Waals surface area contributed by atoms with E-state index in [1.165, 1.54) is 13.1 Å². The number of carbonyl (C=O) groups is 2. The van der Waals surface area contributed by atoms with E-state index in [-0.39, 0.29) is 30.2 Å². The smallest absolute Gasteiger partial charge is 0.269 e. The molecule has 1 aromatic carbocycles. The Balaban J connectivity index is 1.62. The van der Waals surface area contributed by atoms with Crippen LogP contribution in [0.15, 0.2) is 42.5 Å². The van der Waals surface area contributed by atoms with Crippen molar-refractivity contribution >= 4 is 11.8 Å². The summed E-state index contributed by atoms with van der Waals surface area (Å²) in [7, 11) is 1.51. The van der Waals surface area contributed by atoms with Crippen molar-refractivity contribution in [2.75, 3.05) is 39.8 Å². The van der Waals surface area contributed by atoms with Crippen LogP contribution in [0.5, 0.6) is 0 Å². The van der Waals surface area contributed by atoms with Crippen molar-refractivity contribution in [1.82, 2.24) is 20.5 Å². The van der Waals surface area contributed by atoms with Gasteiger partial charge in [0.05, 0.1) is 19.3 Å². The van der Waals surface area contributed by atoms with Crippen LogP contribution in [0.2, 0.25) is 0 Å². The highest BCUT2D eigenvalue weighted by molar-refractivity contribution is 5.98. The molecule has 2 aromatic rings. The zero-order valence-corrected chi connectivity index (χ0v) is 18.0. The Kier molecular flexibility index (Phi) is 8.64. The minimum Gasteiger partial charge on any atom is -0.375 e. The van der Waals surface area contributed by atoms with Crippen molar-refractivity contribution < 1.29 is 23.1 Å². The van der Waals surface area contributed by atoms with Crippen molar-refractivity contribution in [3.05, 3.63) is 65.0 Å². The molecule has 172 valence electrons. The number of benzene rings is 1. The molecule has 3 rings (SSSR count).